The van der Waals surface area contributed by atoms with E-state index in [2.05, 4.69) is 11.3 Å². The molecule has 1 aromatic rings. The highest BCUT2D eigenvalue weighted by Crippen LogP contribution is 2.38. The van der Waals surface area contributed by atoms with Gasteiger partial charge in [-0.25, -0.2) is 0 Å². The zero-order valence-electron chi connectivity index (χ0n) is 15.1. The predicted molar refractivity (Wildman–Crippen MR) is 92.4 cm³/mol. The Morgan fingerprint density at radius 2 is 1.56 bits per heavy atom. The predicted octanol–water partition coefficient (Wildman–Crippen LogP) is 6.86. The maximum atomic E-state index is 14.1. The molecular formula is C20H25F5O2. The first-order valence-electron chi connectivity index (χ1n) is 9.14. The van der Waals surface area contributed by atoms with Crippen LogP contribution in [0.5, 0.6) is 5.75 Å². The second-order valence-electron chi connectivity index (χ2n) is 7.07. The number of ether oxygens (including phenoxy) is 2. The molecule has 0 heterocycles. The Labute approximate surface area is 156 Å². The summed E-state index contributed by atoms with van der Waals surface area (Å²) in [7, 11) is 0. The van der Waals surface area contributed by atoms with E-state index in [1.54, 1.807) is 0 Å². The molecule has 152 valence electrons. The lowest BCUT2D eigenvalue weighted by Crippen LogP contribution is -2.27. The summed E-state index contributed by atoms with van der Waals surface area (Å²) < 4.78 is 73.0. The van der Waals surface area contributed by atoms with Crippen molar-refractivity contribution in [1.29, 1.82) is 0 Å². The Hall–Kier alpha value is -1.63. The van der Waals surface area contributed by atoms with E-state index in [4.69, 9.17) is 4.74 Å². The summed E-state index contributed by atoms with van der Waals surface area (Å²) in [6, 6.07) is 4.72. The number of alkyl halides is 5. The molecule has 1 saturated carbocycles. The second-order valence-corrected chi connectivity index (χ2v) is 7.07. The van der Waals surface area contributed by atoms with E-state index in [0.717, 1.165) is 50.7 Å². The maximum absolute atomic E-state index is 14.1. The van der Waals surface area contributed by atoms with Gasteiger partial charge in [0.1, 0.15) is 5.75 Å². The minimum absolute atomic E-state index is 0.0671. The fraction of sp³-hybridized carbons (Fsp3) is 0.600. The van der Waals surface area contributed by atoms with Crippen LogP contribution < -0.4 is 4.74 Å². The van der Waals surface area contributed by atoms with Gasteiger partial charge in [0.15, 0.2) is 0 Å². The molecule has 0 saturated heterocycles. The summed E-state index contributed by atoms with van der Waals surface area (Å²) in [5.41, 5.74) is 0.359. The van der Waals surface area contributed by atoms with E-state index < -0.39 is 18.2 Å². The molecule has 1 aliphatic rings. The van der Waals surface area contributed by atoms with Crippen molar-refractivity contribution < 1.29 is 31.4 Å². The van der Waals surface area contributed by atoms with Gasteiger partial charge in [-0.2, -0.15) is 8.78 Å². The Morgan fingerprint density at radius 1 is 0.963 bits per heavy atom. The van der Waals surface area contributed by atoms with Crippen molar-refractivity contribution in [3.63, 3.8) is 0 Å². The third kappa shape index (κ3) is 8.28. The van der Waals surface area contributed by atoms with Gasteiger partial charge in [-0.05, 0) is 55.2 Å². The summed E-state index contributed by atoms with van der Waals surface area (Å²) in [4.78, 5) is 0. The third-order valence-electron chi connectivity index (χ3n) is 4.88. The van der Waals surface area contributed by atoms with E-state index in [9.17, 15) is 22.0 Å². The molecule has 0 radical (unpaired) electrons. The molecule has 1 fully saturated rings. The van der Waals surface area contributed by atoms with Crippen LogP contribution in [-0.4, -0.2) is 12.5 Å². The summed E-state index contributed by atoms with van der Waals surface area (Å²) in [5.74, 6) is 0.125. The van der Waals surface area contributed by atoms with Gasteiger partial charge in [0.25, 0.3) is 0 Å². The molecule has 0 N–H and O–H groups in total. The fourth-order valence-corrected chi connectivity index (χ4v) is 3.45. The highest BCUT2D eigenvalue weighted by molar-refractivity contribution is 5.27. The van der Waals surface area contributed by atoms with Crippen molar-refractivity contribution in [2.75, 3.05) is 0 Å². The molecule has 0 bridgehead atoms. The Bertz CT molecular complexity index is 575. The first-order chi connectivity index (χ1) is 12.7. The van der Waals surface area contributed by atoms with Crippen LogP contribution in [0.25, 0.3) is 0 Å². The smallest absolute Gasteiger partial charge is 0.406 e. The minimum Gasteiger partial charge on any atom is -0.406 e. The first-order valence-corrected chi connectivity index (χ1v) is 9.14. The van der Waals surface area contributed by atoms with Crippen LogP contribution in [0.15, 0.2) is 36.9 Å². The summed E-state index contributed by atoms with van der Waals surface area (Å²) >= 11 is 0. The molecule has 0 atom stereocenters. The van der Waals surface area contributed by atoms with Crippen molar-refractivity contribution in [3.05, 3.63) is 42.5 Å². The van der Waals surface area contributed by atoms with Crippen molar-refractivity contribution in [2.24, 2.45) is 11.8 Å². The van der Waals surface area contributed by atoms with Crippen LogP contribution in [0.2, 0.25) is 0 Å². The standard InChI is InChI=1S/C20H25F5O2/c1-2-3-4-15-5-7-16(8-6-15)13-19(21,22)26-14-17-9-11-18(12-10-17)27-20(23,24)25/h2,9-12,15-16H,1,3-8,13-14H2/t15-,16-. The van der Waals surface area contributed by atoms with Gasteiger partial charge in [-0.3, -0.25) is 0 Å². The van der Waals surface area contributed by atoms with Gasteiger partial charge in [-0.1, -0.05) is 31.1 Å². The molecule has 0 aromatic heterocycles. The lowest BCUT2D eigenvalue weighted by atomic mass is 9.78. The molecular weight excluding hydrogens is 367 g/mol. The van der Waals surface area contributed by atoms with Gasteiger partial charge in [0.05, 0.1) is 6.61 Å². The molecule has 27 heavy (non-hydrogen) atoms. The monoisotopic (exact) mass is 392 g/mol. The van der Waals surface area contributed by atoms with Crippen LogP contribution in [-0.2, 0) is 11.3 Å². The van der Waals surface area contributed by atoms with Crippen LogP contribution in [0.1, 0.15) is 50.5 Å². The lowest BCUT2D eigenvalue weighted by molar-refractivity contribution is -0.274. The number of hydrogen-bond donors (Lipinski definition) is 0. The lowest BCUT2D eigenvalue weighted by Gasteiger charge is -2.30. The maximum Gasteiger partial charge on any atom is 0.573 e. The number of rotatable bonds is 9. The van der Waals surface area contributed by atoms with Gasteiger partial charge < -0.3 is 9.47 Å². The largest absolute Gasteiger partial charge is 0.573 e. The summed E-state index contributed by atoms with van der Waals surface area (Å²) in [6.45, 7) is 3.33. The molecule has 7 heteroatoms. The van der Waals surface area contributed by atoms with Crippen LogP contribution in [0.4, 0.5) is 22.0 Å². The molecule has 1 aliphatic carbocycles. The number of benzene rings is 1. The Balaban J connectivity index is 1.75. The van der Waals surface area contributed by atoms with E-state index in [-0.39, 0.29) is 18.9 Å². The first kappa shape index (κ1) is 21.7. The van der Waals surface area contributed by atoms with E-state index in [0.29, 0.717) is 11.5 Å². The highest BCUT2D eigenvalue weighted by atomic mass is 19.4. The van der Waals surface area contributed by atoms with Crippen molar-refractivity contribution in [2.45, 2.75) is 64.0 Å². The molecule has 0 unspecified atom stereocenters. The third-order valence-corrected chi connectivity index (χ3v) is 4.88. The Morgan fingerprint density at radius 3 is 2.11 bits per heavy atom. The van der Waals surface area contributed by atoms with Gasteiger partial charge in [-0.15, -0.1) is 19.8 Å². The van der Waals surface area contributed by atoms with Crippen LogP contribution in [0, 0.1) is 11.8 Å². The highest BCUT2D eigenvalue weighted by Gasteiger charge is 2.35. The molecule has 2 rings (SSSR count). The summed E-state index contributed by atoms with van der Waals surface area (Å²) in [5, 5.41) is 0. The van der Waals surface area contributed by atoms with Crippen molar-refractivity contribution >= 4 is 0 Å². The SMILES string of the molecule is C=CCC[C@H]1CC[C@H](CC(F)(F)OCc2ccc(OC(F)(F)F)cc2)CC1. The Kier molecular flexibility index (Phi) is 7.65. The normalized spacial score (nSPS) is 21.1. The van der Waals surface area contributed by atoms with Gasteiger partial charge >= 0.3 is 12.5 Å². The molecule has 0 spiro atoms. The van der Waals surface area contributed by atoms with Gasteiger partial charge in [0, 0.05) is 6.42 Å². The van der Waals surface area contributed by atoms with Gasteiger partial charge in [0.2, 0.25) is 0 Å². The van der Waals surface area contributed by atoms with Crippen LogP contribution in [0.3, 0.4) is 0 Å². The number of halogens is 5. The second kappa shape index (κ2) is 9.53. The van der Waals surface area contributed by atoms with Crippen molar-refractivity contribution in [3.8, 4) is 5.75 Å². The molecule has 0 aliphatic heterocycles. The number of hydrogen-bond acceptors (Lipinski definition) is 2. The molecule has 1 aromatic carbocycles. The zero-order chi connectivity index (χ0) is 19.9. The quantitative estimate of drug-likeness (QED) is 0.338. The van der Waals surface area contributed by atoms with Crippen LogP contribution >= 0.6 is 0 Å². The average molecular weight is 392 g/mol. The molecule has 2 nitrogen and oxygen atoms in total. The number of allylic oxidation sites excluding steroid dienone is 1. The topological polar surface area (TPSA) is 18.5 Å². The average Bonchev–Trinajstić information content (AvgIpc) is 2.59. The molecule has 0 amide bonds. The van der Waals surface area contributed by atoms with Crippen molar-refractivity contribution in [1.82, 2.24) is 0 Å². The van der Waals surface area contributed by atoms with E-state index in [1.165, 1.54) is 12.1 Å². The summed E-state index contributed by atoms with van der Waals surface area (Å²) in [6.07, 6.45) is -1.00. The fourth-order valence-electron chi connectivity index (χ4n) is 3.45. The van der Waals surface area contributed by atoms with E-state index in [1.807, 2.05) is 6.08 Å². The van der Waals surface area contributed by atoms with E-state index >= 15 is 0 Å². The zero-order valence-corrected chi connectivity index (χ0v) is 15.1. The minimum atomic E-state index is -4.78.